The topological polar surface area (TPSA) is 66.6 Å². The molecule has 0 fully saturated rings. The normalized spacial score (nSPS) is 23.1. The molecule has 0 amide bonds. The van der Waals surface area contributed by atoms with Gasteiger partial charge in [-0.2, -0.15) is 0 Å². The van der Waals surface area contributed by atoms with Gasteiger partial charge in [0.25, 0.3) is 0 Å². The maximum atomic E-state index is 11.1. The summed E-state index contributed by atoms with van der Waals surface area (Å²) in [6, 6.07) is 0.0939. The fourth-order valence-electron chi connectivity index (χ4n) is 2.13. The van der Waals surface area contributed by atoms with Crippen LogP contribution in [0.2, 0.25) is 0 Å². The van der Waals surface area contributed by atoms with E-state index in [1.54, 1.807) is 12.2 Å². The molecule has 16 heavy (non-hydrogen) atoms. The van der Waals surface area contributed by atoms with Crippen LogP contribution in [-0.2, 0) is 4.79 Å². The summed E-state index contributed by atoms with van der Waals surface area (Å²) in [4.78, 5) is 12.9. The molecule has 0 saturated heterocycles. The largest absolute Gasteiger partial charge is 0.477 e. The highest BCUT2D eigenvalue weighted by atomic mass is 16.4. The van der Waals surface area contributed by atoms with Crippen LogP contribution >= 0.6 is 0 Å². The highest BCUT2D eigenvalue weighted by Gasteiger charge is 2.33. The Hall–Kier alpha value is -1.97. The lowest BCUT2D eigenvalue weighted by atomic mass is 9.99. The van der Waals surface area contributed by atoms with Crippen LogP contribution in [0.15, 0.2) is 47.9 Å². The molecule has 1 aliphatic carbocycles. The second-order valence-electron chi connectivity index (χ2n) is 3.88. The zero-order chi connectivity index (χ0) is 11.7. The summed E-state index contributed by atoms with van der Waals surface area (Å²) < 4.78 is 0. The summed E-state index contributed by atoms with van der Waals surface area (Å²) in [6.07, 6.45) is 7.90. The average molecular weight is 218 g/mol. The predicted molar refractivity (Wildman–Crippen MR) is 61.4 cm³/mol. The van der Waals surface area contributed by atoms with Crippen LogP contribution in [0.4, 0.5) is 0 Å². The summed E-state index contributed by atoms with van der Waals surface area (Å²) in [5.41, 5.74) is 7.69. The SMILES string of the molecule is C=CCN1C(C(=O)O)=CC2=CC(N)=CCC21. The zero-order valence-electron chi connectivity index (χ0n) is 8.89. The Morgan fingerprint density at radius 3 is 3.06 bits per heavy atom. The molecule has 1 heterocycles. The van der Waals surface area contributed by atoms with E-state index in [1.165, 1.54) is 0 Å². The van der Waals surface area contributed by atoms with Crippen LogP contribution in [0.5, 0.6) is 0 Å². The van der Waals surface area contributed by atoms with Crippen LogP contribution in [0, 0.1) is 0 Å². The van der Waals surface area contributed by atoms with E-state index in [0.29, 0.717) is 17.9 Å². The molecule has 0 aromatic heterocycles. The third kappa shape index (κ3) is 1.62. The van der Waals surface area contributed by atoms with E-state index in [9.17, 15) is 4.79 Å². The number of carboxylic acid groups (broad SMARTS) is 1. The third-order valence-corrected chi connectivity index (χ3v) is 2.83. The van der Waals surface area contributed by atoms with Gasteiger partial charge in [-0.05, 0) is 24.1 Å². The van der Waals surface area contributed by atoms with Crippen molar-refractivity contribution >= 4 is 5.97 Å². The number of allylic oxidation sites excluding steroid dienone is 1. The number of carboxylic acids is 1. The second kappa shape index (κ2) is 3.89. The lowest BCUT2D eigenvalue weighted by Crippen LogP contribution is -2.34. The van der Waals surface area contributed by atoms with Crippen molar-refractivity contribution in [3.05, 3.63) is 47.9 Å². The summed E-state index contributed by atoms with van der Waals surface area (Å²) in [5, 5.41) is 9.10. The van der Waals surface area contributed by atoms with Gasteiger partial charge in [-0.25, -0.2) is 4.79 Å². The standard InChI is InChI=1S/C12H14N2O2/c1-2-5-14-10-4-3-9(13)6-8(10)7-11(14)12(15)16/h2-3,6-7,10H,1,4-5,13H2,(H,15,16). The first kappa shape index (κ1) is 10.5. The molecule has 4 heteroatoms. The Labute approximate surface area is 94.0 Å². The minimum Gasteiger partial charge on any atom is -0.477 e. The Balaban J connectivity index is 2.35. The van der Waals surface area contributed by atoms with Gasteiger partial charge in [0.05, 0.1) is 6.04 Å². The van der Waals surface area contributed by atoms with Gasteiger partial charge in [-0.3, -0.25) is 0 Å². The lowest BCUT2D eigenvalue weighted by molar-refractivity contribution is -0.134. The minimum absolute atomic E-state index is 0.0939. The van der Waals surface area contributed by atoms with Gasteiger partial charge in [0.1, 0.15) is 5.70 Å². The molecule has 0 saturated carbocycles. The number of rotatable bonds is 3. The fraction of sp³-hybridized carbons (Fsp3) is 0.250. The molecule has 84 valence electrons. The van der Waals surface area contributed by atoms with Crippen LogP contribution in [0.1, 0.15) is 6.42 Å². The van der Waals surface area contributed by atoms with Crippen molar-refractivity contribution in [3.8, 4) is 0 Å². The van der Waals surface area contributed by atoms with Crippen LogP contribution in [-0.4, -0.2) is 28.6 Å². The highest BCUT2D eigenvalue weighted by Crippen LogP contribution is 2.32. The number of nitrogens with zero attached hydrogens (tertiary/aromatic N) is 1. The zero-order valence-corrected chi connectivity index (χ0v) is 8.89. The van der Waals surface area contributed by atoms with Gasteiger partial charge >= 0.3 is 5.97 Å². The summed E-state index contributed by atoms with van der Waals surface area (Å²) >= 11 is 0. The first-order chi connectivity index (χ1) is 7.63. The van der Waals surface area contributed by atoms with Crippen LogP contribution < -0.4 is 5.73 Å². The Kier molecular flexibility index (Phi) is 2.56. The van der Waals surface area contributed by atoms with E-state index in [2.05, 4.69) is 6.58 Å². The van der Waals surface area contributed by atoms with Gasteiger partial charge in [-0.1, -0.05) is 12.2 Å². The molecule has 3 N–H and O–H groups in total. The van der Waals surface area contributed by atoms with Crippen LogP contribution in [0.3, 0.4) is 0 Å². The van der Waals surface area contributed by atoms with Gasteiger partial charge in [-0.15, -0.1) is 6.58 Å². The van der Waals surface area contributed by atoms with Crippen molar-refractivity contribution in [2.45, 2.75) is 12.5 Å². The van der Waals surface area contributed by atoms with Crippen molar-refractivity contribution in [2.24, 2.45) is 5.73 Å². The molecule has 0 spiro atoms. The molecular formula is C12H14N2O2. The van der Waals surface area contributed by atoms with E-state index in [4.69, 9.17) is 10.8 Å². The number of aliphatic carboxylic acids is 1. The van der Waals surface area contributed by atoms with Gasteiger partial charge in [0.2, 0.25) is 0 Å². The molecule has 1 aliphatic heterocycles. The van der Waals surface area contributed by atoms with Gasteiger partial charge < -0.3 is 15.7 Å². The Morgan fingerprint density at radius 2 is 2.44 bits per heavy atom. The molecule has 2 rings (SSSR count). The number of hydrogen-bond donors (Lipinski definition) is 2. The molecule has 0 aromatic rings. The van der Waals surface area contributed by atoms with Gasteiger partial charge in [0.15, 0.2) is 0 Å². The quantitative estimate of drug-likeness (QED) is 0.693. The smallest absolute Gasteiger partial charge is 0.352 e. The van der Waals surface area contributed by atoms with E-state index in [0.717, 1.165) is 12.0 Å². The molecular weight excluding hydrogens is 204 g/mol. The Morgan fingerprint density at radius 1 is 1.69 bits per heavy atom. The number of fused-ring (bicyclic) bond motifs is 1. The van der Waals surface area contributed by atoms with E-state index < -0.39 is 5.97 Å². The van der Waals surface area contributed by atoms with E-state index >= 15 is 0 Å². The summed E-state index contributed by atoms with van der Waals surface area (Å²) in [7, 11) is 0. The molecule has 4 nitrogen and oxygen atoms in total. The fourth-order valence-corrected chi connectivity index (χ4v) is 2.13. The molecule has 1 atom stereocenters. The minimum atomic E-state index is -0.907. The second-order valence-corrected chi connectivity index (χ2v) is 3.88. The van der Waals surface area contributed by atoms with Crippen molar-refractivity contribution in [1.82, 2.24) is 4.90 Å². The number of carbonyl (C=O) groups is 1. The Bertz CT molecular complexity index is 432. The van der Waals surface area contributed by atoms with E-state index in [1.807, 2.05) is 17.1 Å². The lowest BCUT2D eigenvalue weighted by Gasteiger charge is -2.28. The molecule has 0 bridgehead atoms. The van der Waals surface area contributed by atoms with Crippen molar-refractivity contribution in [2.75, 3.05) is 6.54 Å². The maximum Gasteiger partial charge on any atom is 0.352 e. The third-order valence-electron chi connectivity index (χ3n) is 2.83. The first-order valence-corrected chi connectivity index (χ1v) is 5.13. The molecule has 0 radical (unpaired) electrons. The molecule has 0 aromatic carbocycles. The van der Waals surface area contributed by atoms with Crippen molar-refractivity contribution in [3.63, 3.8) is 0 Å². The summed E-state index contributed by atoms with van der Waals surface area (Å²) in [6.45, 7) is 4.18. The monoisotopic (exact) mass is 218 g/mol. The average Bonchev–Trinajstić information content (AvgIpc) is 2.57. The van der Waals surface area contributed by atoms with Gasteiger partial charge in [0, 0.05) is 12.2 Å². The first-order valence-electron chi connectivity index (χ1n) is 5.13. The predicted octanol–water partition coefficient (Wildman–Crippen LogP) is 0.998. The number of nitrogens with two attached hydrogens (primary N) is 1. The van der Waals surface area contributed by atoms with Crippen molar-refractivity contribution < 1.29 is 9.90 Å². The molecule has 2 aliphatic rings. The summed E-state index contributed by atoms with van der Waals surface area (Å²) in [5.74, 6) is -0.907. The molecule has 1 unspecified atom stereocenters. The maximum absolute atomic E-state index is 11.1. The van der Waals surface area contributed by atoms with E-state index in [-0.39, 0.29) is 6.04 Å². The number of hydrogen-bond acceptors (Lipinski definition) is 3. The van der Waals surface area contributed by atoms with Crippen molar-refractivity contribution in [1.29, 1.82) is 0 Å². The highest BCUT2D eigenvalue weighted by molar-refractivity contribution is 5.88. The van der Waals surface area contributed by atoms with Crippen LogP contribution in [0.25, 0.3) is 0 Å².